The molecule has 1 aromatic carbocycles. The van der Waals surface area contributed by atoms with E-state index in [1.165, 1.54) is 43.5 Å². The first kappa shape index (κ1) is 20.8. The normalized spacial score (nSPS) is 30.0. The van der Waals surface area contributed by atoms with Gasteiger partial charge in [0, 0.05) is 36.2 Å². The molecule has 4 aliphatic rings. The van der Waals surface area contributed by atoms with Crippen LogP contribution in [0.1, 0.15) is 62.7 Å². The molecule has 0 radical (unpaired) electrons. The number of nitro benzene ring substituents is 1. The van der Waals surface area contributed by atoms with Crippen LogP contribution in [0.25, 0.3) is 0 Å². The summed E-state index contributed by atoms with van der Waals surface area (Å²) in [6.45, 7) is 5.17. The highest BCUT2D eigenvalue weighted by Gasteiger charge is 2.56. The maximum absolute atomic E-state index is 13.6. The first-order valence-corrected chi connectivity index (χ1v) is 11.2. The van der Waals surface area contributed by atoms with E-state index in [0.717, 1.165) is 19.3 Å². The molecule has 1 N–H and O–H groups in total. The van der Waals surface area contributed by atoms with Crippen LogP contribution in [0.4, 0.5) is 5.69 Å². The molecule has 7 heteroatoms. The Morgan fingerprint density at radius 3 is 2.00 bits per heavy atom. The fraction of sp³-hybridized carbons (Fsp3) is 0.652. The number of carbonyl (C=O) groups is 2. The second kappa shape index (κ2) is 8.00. The van der Waals surface area contributed by atoms with Gasteiger partial charge in [-0.2, -0.15) is 0 Å². The number of hydrogen-bond donors (Lipinski definition) is 1. The largest absolute Gasteiger partial charge is 0.341 e. The average Bonchev–Trinajstić information content (AvgIpc) is 2.71. The smallest absolute Gasteiger partial charge is 0.269 e. The zero-order valence-corrected chi connectivity index (χ0v) is 17.8. The molecule has 1 atom stereocenters. The van der Waals surface area contributed by atoms with Gasteiger partial charge in [-0.15, -0.1) is 0 Å². The minimum Gasteiger partial charge on any atom is -0.341 e. The van der Waals surface area contributed by atoms with Crippen LogP contribution >= 0.6 is 0 Å². The third-order valence-corrected chi connectivity index (χ3v) is 7.64. The summed E-state index contributed by atoms with van der Waals surface area (Å²) < 4.78 is 0. The fourth-order valence-corrected chi connectivity index (χ4v) is 6.67. The summed E-state index contributed by atoms with van der Waals surface area (Å²) in [6, 6.07) is 5.06. The van der Waals surface area contributed by atoms with Gasteiger partial charge in [0.25, 0.3) is 11.6 Å². The molecule has 2 amide bonds. The molecule has 0 aliphatic heterocycles. The zero-order chi connectivity index (χ0) is 21.5. The Morgan fingerprint density at radius 2 is 1.57 bits per heavy atom. The van der Waals surface area contributed by atoms with Crippen molar-refractivity contribution in [2.45, 2.75) is 58.4 Å². The van der Waals surface area contributed by atoms with Crippen molar-refractivity contribution in [2.75, 3.05) is 13.1 Å². The molecule has 7 nitrogen and oxygen atoms in total. The van der Waals surface area contributed by atoms with E-state index in [1.54, 1.807) is 0 Å². The number of benzene rings is 1. The number of carbonyl (C=O) groups excluding carboxylic acids is 2. The lowest BCUT2D eigenvalue weighted by Crippen LogP contribution is -2.62. The second-order valence-corrected chi connectivity index (χ2v) is 9.50. The van der Waals surface area contributed by atoms with E-state index in [4.69, 9.17) is 0 Å². The molecule has 5 rings (SSSR count). The molecule has 0 spiro atoms. The standard InChI is InChI=1S/C23H31N3O4/c1-3-25(4-2)22(28)20(23-12-15-9-16(13-23)11-17(10-15)14-23)24-21(27)18-5-7-19(8-6-18)26(29)30/h5-8,15-17,20H,3-4,9-14H2,1-2H3,(H,24,27)/t15?,16?,17?,20-,23?/m1/s1. The van der Waals surface area contributed by atoms with Gasteiger partial charge in [-0.3, -0.25) is 19.7 Å². The van der Waals surface area contributed by atoms with Crippen LogP contribution < -0.4 is 5.32 Å². The van der Waals surface area contributed by atoms with Gasteiger partial charge in [-0.05, 0) is 82.3 Å². The van der Waals surface area contributed by atoms with Gasteiger partial charge in [0.05, 0.1) is 4.92 Å². The van der Waals surface area contributed by atoms with Gasteiger partial charge in [0.2, 0.25) is 5.91 Å². The number of rotatable bonds is 7. The summed E-state index contributed by atoms with van der Waals surface area (Å²) in [5.41, 5.74) is 0.135. The SMILES string of the molecule is CCN(CC)C(=O)[C@@H](NC(=O)c1ccc([N+](=O)[O-])cc1)C12CC3CC(CC(C3)C1)C2. The lowest BCUT2D eigenvalue weighted by molar-refractivity contribution is -0.384. The zero-order valence-electron chi connectivity index (χ0n) is 17.8. The maximum Gasteiger partial charge on any atom is 0.269 e. The van der Waals surface area contributed by atoms with Crippen molar-refractivity contribution in [2.24, 2.45) is 23.2 Å². The van der Waals surface area contributed by atoms with Gasteiger partial charge < -0.3 is 10.2 Å². The van der Waals surface area contributed by atoms with Crippen LogP contribution in [-0.2, 0) is 4.79 Å². The van der Waals surface area contributed by atoms with Gasteiger partial charge in [0.1, 0.15) is 6.04 Å². The molecule has 4 fully saturated rings. The number of nitrogens with one attached hydrogen (secondary N) is 1. The number of nitro groups is 1. The quantitative estimate of drug-likeness (QED) is 0.544. The molecule has 0 unspecified atom stereocenters. The van der Waals surface area contributed by atoms with Crippen molar-refractivity contribution in [1.82, 2.24) is 10.2 Å². The summed E-state index contributed by atoms with van der Waals surface area (Å²) in [7, 11) is 0. The molecule has 4 bridgehead atoms. The van der Waals surface area contributed by atoms with Crippen molar-refractivity contribution in [3.05, 3.63) is 39.9 Å². The van der Waals surface area contributed by atoms with E-state index >= 15 is 0 Å². The van der Waals surface area contributed by atoms with Crippen molar-refractivity contribution in [3.8, 4) is 0 Å². The van der Waals surface area contributed by atoms with E-state index in [0.29, 0.717) is 36.4 Å². The van der Waals surface area contributed by atoms with Crippen LogP contribution in [0.3, 0.4) is 0 Å². The molecular formula is C23H31N3O4. The second-order valence-electron chi connectivity index (χ2n) is 9.50. The molecule has 4 aliphatic carbocycles. The summed E-state index contributed by atoms with van der Waals surface area (Å²) in [6.07, 6.45) is 6.83. The fourth-order valence-electron chi connectivity index (χ4n) is 6.67. The monoisotopic (exact) mass is 413 g/mol. The predicted octanol–water partition coefficient (Wildman–Crippen LogP) is 3.78. The summed E-state index contributed by atoms with van der Waals surface area (Å²) in [4.78, 5) is 38.9. The molecular weight excluding hydrogens is 382 g/mol. The van der Waals surface area contributed by atoms with Gasteiger partial charge in [-0.25, -0.2) is 0 Å². The van der Waals surface area contributed by atoms with Crippen LogP contribution in [0.5, 0.6) is 0 Å². The average molecular weight is 414 g/mol. The van der Waals surface area contributed by atoms with Crippen LogP contribution in [0.2, 0.25) is 0 Å². The molecule has 1 aromatic rings. The molecule has 0 heterocycles. The third kappa shape index (κ3) is 3.70. The highest BCUT2D eigenvalue weighted by atomic mass is 16.6. The number of non-ortho nitro benzene ring substituents is 1. The maximum atomic E-state index is 13.6. The molecule has 0 aromatic heterocycles. The lowest BCUT2D eigenvalue weighted by atomic mass is 9.47. The highest BCUT2D eigenvalue weighted by molar-refractivity contribution is 5.98. The Morgan fingerprint density at radius 1 is 1.07 bits per heavy atom. The predicted molar refractivity (Wildman–Crippen MR) is 113 cm³/mol. The Balaban J connectivity index is 1.62. The van der Waals surface area contributed by atoms with Gasteiger partial charge in [-0.1, -0.05) is 0 Å². The Labute approximate surface area is 177 Å². The first-order valence-electron chi connectivity index (χ1n) is 11.2. The van der Waals surface area contributed by atoms with E-state index in [1.807, 2.05) is 18.7 Å². The van der Waals surface area contributed by atoms with Crippen molar-refractivity contribution < 1.29 is 14.5 Å². The molecule has 162 valence electrons. The summed E-state index contributed by atoms with van der Waals surface area (Å²) in [5.74, 6) is 1.68. The van der Waals surface area contributed by atoms with Crippen LogP contribution in [0.15, 0.2) is 24.3 Å². The minimum atomic E-state index is -0.534. The number of nitrogens with zero attached hydrogens (tertiary/aromatic N) is 2. The lowest BCUT2D eigenvalue weighted by Gasteiger charge is -2.59. The Bertz CT molecular complexity index is 796. The van der Waals surface area contributed by atoms with Gasteiger partial charge in [0.15, 0.2) is 0 Å². The van der Waals surface area contributed by atoms with Crippen LogP contribution in [0, 0.1) is 33.3 Å². The molecule has 30 heavy (non-hydrogen) atoms. The Hall–Kier alpha value is -2.44. The number of likely N-dealkylation sites (N-methyl/N-ethyl adjacent to an activating group) is 1. The Kier molecular flexibility index (Phi) is 5.55. The van der Waals surface area contributed by atoms with Crippen molar-refractivity contribution in [1.29, 1.82) is 0 Å². The number of hydrogen-bond acceptors (Lipinski definition) is 4. The van der Waals surface area contributed by atoms with Crippen molar-refractivity contribution in [3.63, 3.8) is 0 Å². The summed E-state index contributed by atoms with van der Waals surface area (Å²) >= 11 is 0. The summed E-state index contributed by atoms with van der Waals surface area (Å²) in [5, 5.41) is 14.0. The highest BCUT2D eigenvalue weighted by Crippen LogP contribution is 2.61. The third-order valence-electron chi connectivity index (χ3n) is 7.64. The van der Waals surface area contributed by atoms with Crippen molar-refractivity contribution >= 4 is 17.5 Å². The molecule has 0 saturated heterocycles. The van der Waals surface area contributed by atoms with E-state index in [9.17, 15) is 19.7 Å². The van der Waals surface area contributed by atoms with E-state index < -0.39 is 11.0 Å². The van der Waals surface area contributed by atoms with E-state index in [-0.39, 0.29) is 22.9 Å². The molecule has 4 saturated carbocycles. The minimum absolute atomic E-state index is 0.0113. The van der Waals surface area contributed by atoms with Gasteiger partial charge >= 0.3 is 0 Å². The number of amides is 2. The first-order chi connectivity index (χ1) is 14.3. The topological polar surface area (TPSA) is 92.6 Å². The van der Waals surface area contributed by atoms with Crippen LogP contribution in [-0.4, -0.2) is 40.8 Å². The van der Waals surface area contributed by atoms with E-state index in [2.05, 4.69) is 5.32 Å².